The lowest BCUT2D eigenvalue weighted by molar-refractivity contribution is -0.138. The standard InChI is InChI=1S/C24H30N2O2/c1-17-13-15-26(22-9-5-4-8-21(17)22)23(27)12-14-25-24(28)20-11-10-18-6-2-3-7-19(18)16-20/h2-3,6-7,10-11,16-17,21-22H,4-5,8-9,12-15H2,1H3,(H,25,28). The van der Waals surface area contributed by atoms with Crippen molar-refractivity contribution in [2.45, 2.75) is 51.5 Å². The number of benzene rings is 2. The van der Waals surface area contributed by atoms with E-state index in [0.717, 1.165) is 36.1 Å². The lowest BCUT2D eigenvalue weighted by Crippen LogP contribution is -2.52. The van der Waals surface area contributed by atoms with Crippen LogP contribution in [0.3, 0.4) is 0 Å². The van der Waals surface area contributed by atoms with Crippen LogP contribution in [0.5, 0.6) is 0 Å². The average molecular weight is 379 g/mol. The molecule has 0 aromatic heterocycles. The first-order valence-corrected chi connectivity index (χ1v) is 10.7. The summed E-state index contributed by atoms with van der Waals surface area (Å²) in [4.78, 5) is 27.4. The molecule has 4 nitrogen and oxygen atoms in total. The maximum Gasteiger partial charge on any atom is 0.251 e. The highest BCUT2D eigenvalue weighted by Gasteiger charge is 2.39. The summed E-state index contributed by atoms with van der Waals surface area (Å²) in [6, 6.07) is 14.1. The van der Waals surface area contributed by atoms with Crippen molar-refractivity contribution in [3.05, 3.63) is 48.0 Å². The van der Waals surface area contributed by atoms with E-state index in [-0.39, 0.29) is 11.8 Å². The first-order valence-electron chi connectivity index (χ1n) is 10.7. The van der Waals surface area contributed by atoms with Gasteiger partial charge in [-0.15, -0.1) is 0 Å². The number of rotatable bonds is 4. The molecule has 2 fully saturated rings. The van der Waals surface area contributed by atoms with Gasteiger partial charge in [0.25, 0.3) is 5.91 Å². The van der Waals surface area contributed by atoms with Gasteiger partial charge in [-0.2, -0.15) is 0 Å². The third-order valence-corrected chi connectivity index (χ3v) is 6.69. The van der Waals surface area contributed by atoms with Gasteiger partial charge in [-0.25, -0.2) is 0 Å². The second-order valence-corrected chi connectivity index (χ2v) is 8.44. The van der Waals surface area contributed by atoms with Crippen LogP contribution in [0.15, 0.2) is 42.5 Å². The molecule has 1 N–H and O–H groups in total. The first-order chi connectivity index (χ1) is 13.6. The monoisotopic (exact) mass is 378 g/mol. The summed E-state index contributed by atoms with van der Waals surface area (Å²) in [5, 5.41) is 5.10. The second kappa shape index (κ2) is 8.34. The van der Waals surface area contributed by atoms with Gasteiger partial charge in [-0.1, -0.05) is 50.1 Å². The Kier molecular flexibility index (Phi) is 5.65. The number of fused-ring (bicyclic) bond motifs is 2. The Balaban J connectivity index is 1.32. The molecule has 1 saturated carbocycles. The van der Waals surface area contributed by atoms with Crippen molar-refractivity contribution in [3.63, 3.8) is 0 Å². The summed E-state index contributed by atoms with van der Waals surface area (Å²) in [7, 11) is 0. The van der Waals surface area contributed by atoms with E-state index in [1.54, 1.807) is 0 Å². The summed E-state index contributed by atoms with van der Waals surface area (Å²) in [6.45, 7) is 3.61. The van der Waals surface area contributed by atoms with Gasteiger partial charge < -0.3 is 10.2 Å². The van der Waals surface area contributed by atoms with E-state index in [1.165, 1.54) is 19.3 Å². The van der Waals surface area contributed by atoms with Gasteiger partial charge in [0.05, 0.1) is 0 Å². The van der Waals surface area contributed by atoms with Gasteiger partial charge in [-0.3, -0.25) is 9.59 Å². The predicted octanol–water partition coefficient (Wildman–Crippen LogP) is 4.39. The van der Waals surface area contributed by atoms with Crippen LogP contribution in [0.1, 0.15) is 55.8 Å². The van der Waals surface area contributed by atoms with Gasteiger partial charge in [0, 0.05) is 31.1 Å². The fraction of sp³-hybridized carbons (Fsp3) is 0.500. The van der Waals surface area contributed by atoms with Crippen molar-refractivity contribution in [2.75, 3.05) is 13.1 Å². The molecule has 0 radical (unpaired) electrons. The molecule has 2 aromatic rings. The second-order valence-electron chi connectivity index (χ2n) is 8.44. The SMILES string of the molecule is CC1CCN(C(=O)CCNC(=O)c2ccc3ccccc3c2)C2CCCCC12. The number of nitrogens with one attached hydrogen (secondary N) is 1. The Hall–Kier alpha value is -2.36. The normalized spacial score (nSPS) is 24.6. The van der Waals surface area contributed by atoms with Crippen molar-refractivity contribution in [2.24, 2.45) is 11.8 Å². The molecule has 1 saturated heterocycles. The summed E-state index contributed by atoms with van der Waals surface area (Å²) in [5.74, 6) is 1.48. The Morgan fingerprint density at radius 1 is 1.04 bits per heavy atom. The zero-order valence-corrected chi connectivity index (χ0v) is 16.7. The fourth-order valence-corrected chi connectivity index (χ4v) is 5.08. The zero-order chi connectivity index (χ0) is 19.5. The number of carbonyl (C=O) groups is 2. The summed E-state index contributed by atoms with van der Waals surface area (Å²) < 4.78 is 0. The van der Waals surface area contributed by atoms with E-state index in [2.05, 4.69) is 17.1 Å². The smallest absolute Gasteiger partial charge is 0.251 e. The molecule has 148 valence electrons. The number of nitrogens with zero attached hydrogens (tertiary/aromatic N) is 1. The molecule has 1 aliphatic heterocycles. The van der Waals surface area contributed by atoms with Crippen LogP contribution in [0, 0.1) is 11.8 Å². The van der Waals surface area contributed by atoms with Crippen LogP contribution in [-0.2, 0) is 4.79 Å². The molecule has 2 aliphatic rings. The Morgan fingerprint density at radius 2 is 1.82 bits per heavy atom. The summed E-state index contributed by atoms with van der Waals surface area (Å²) in [6.07, 6.45) is 6.43. The number of carbonyl (C=O) groups excluding carboxylic acids is 2. The minimum Gasteiger partial charge on any atom is -0.352 e. The van der Waals surface area contributed by atoms with E-state index in [4.69, 9.17) is 0 Å². The Morgan fingerprint density at radius 3 is 2.68 bits per heavy atom. The van der Waals surface area contributed by atoms with Gasteiger partial charge in [-0.05, 0) is 54.0 Å². The minimum absolute atomic E-state index is 0.110. The number of likely N-dealkylation sites (tertiary alicyclic amines) is 1. The highest BCUT2D eigenvalue weighted by molar-refractivity contribution is 5.98. The molecule has 1 aliphatic carbocycles. The van der Waals surface area contributed by atoms with E-state index < -0.39 is 0 Å². The number of piperidine rings is 1. The van der Waals surface area contributed by atoms with Gasteiger partial charge >= 0.3 is 0 Å². The third-order valence-electron chi connectivity index (χ3n) is 6.69. The van der Waals surface area contributed by atoms with Crippen LogP contribution in [0.2, 0.25) is 0 Å². The predicted molar refractivity (Wildman–Crippen MR) is 112 cm³/mol. The minimum atomic E-state index is -0.110. The number of hydrogen-bond acceptors (Lipinski definition) is 2. The molecular weight excluding hydrogens is 348 g/mol. The fourth-order valence-electron chi connectivity index (χ4n) is 5.08. The van der Waals surface area contributed by atoms with Crippen molar-refractivity contribution in [1.82, 2.24) is 10.2 Å². The van der Waals surface area contributed by atoms with Crippen LogP contribution in [0.25, 0.3) is 10.8 Å². The number of amides is 2. The van der Waals surface area contributed by atoms with Crippen LogP contribution in [-0.4, -0.2) is 35.8 Å². The van der Waals surface area contributed by atoms with E-state index in [1.807, 2.05) is 42.5 Å². The zero-order valence-electron chi connectivity index (χ0n) is 16.7. The van der Waals surface area contributed by atoms with Gasteiger partial charge in [0.1, 0.15) is 0 Å². The summed E-state index contributed by atoms with van der Waals surface area (Å²) >= 11 is 0. The van der Waals surface area contributed by atoms with Gasteiger partial charge in [0.2, 0.25) is 5.91 Å². The largest absolute Gasteiger partial charge is 0.352 e. The van der Waals surface area contributed by atoms with E-state index in [9.17, 15) is 9.59 Å². The highest BCUT2D eigenvalue weighted by Crippen LogP contribution is 2.38. The van der Waals surface area contributed by atoms with Gasteiger partial charge in [0.15, 0.2) is 0 Å². The lowest BCUT2D eigenvalue weighted by atomic mass is 9.72. The molecule has 4 rings (SSSR count). The Labute approximate surface area is 167 Å². The molecule has 2 amide bonds. The van der Waals surface area contributed by atoms with Crippen molar-refractivity contribution < 1.29 is 9.59 Å². The Bertz CT molecular complexity index is 863. The van der Waals surface area contributed by atoms with Crippen molar-refractivity contribution >= 4 is 22.6 Å². The average Bonchev–Trinajstić information content (AvgIpc) is 2.73. The summed E-state index contributed by atoms with van der Waals surface area (Å²) in [5.41, 5.74) is 0.644. The van der Waals surface area contributed by atoms with E-state index in [0.29, 0.717) is 30.5 Å². The molecule has 4 heteroatoms. The molecular formula is C24H30N2O2. The molecule has 3 atom stereocenters. The molecule has 2 aromatic carbocycles. The van der Waals surface area contributed by atoms with Crippen molar-refractivity contribution in [3.8, 4) is 0 Å². The van der Waals surface area contributed by atoms with Crippen LogP contribution < -0.4 is 5.32 Å². The highest BCUT2D eigenvalue weighted by atomic mass is 16.2. The molecule has 28 heavy (non-hydrogen) atoms. The number of hydrogen-bond donors (Lipinski definition) is 1. The molecule has 0 bridgehead atoms. The first kappa shape index (κ1) is 19.0. The molecule has 0 spiro atoms. The van der Waals surface area contributed by atoms with Crippen molar-refractivity contribution in [1.29, 1.82) is 0 Å². The maximum absolute atomic E-state index is 12.8. The topological polar surface area (TPSA) is 49.4 Å². The van der Waals surface area contributed by atoms with E-state index >= 15 is 0 Å². The quantitative estimate of drug-likeness (QED) is 0.858. The molecule has 3 unspecified atom stereocenters. The lowest BCUT2D eigenvalue weighted by Gasteiger charge is -2.47. The third kappa shape index (κ3) is 3.91. The maximum atomic E-state index is 12.8. The van der Waals surface area contributed by atoms with Crippen LogP contribution >= 0.6 is 0 Å². The molecule has 1 heterocycles. The van der Waals surface area contributed by atoms with Crippen LogP contribution in [0.4, 0.5) is 0 Å².